The van der Waals surface area contributed by atoms with Gasteiger partial charge >= 0.3 is 5.97 Å². The van der Waals surface area contributed by atoms with E-state index in [1.807, 2.05) is 39.6 Å². The van der Waals surface area contributed by atoms with E-state index in [0.717, 1.165) is 6.42 Å². The minimum atomic E-state index is -0.909. The summed E-state index contributed by atoms with van der Waals surface area (Å²) in [6.07, 6.45) is 0.158. The lowest BCUT2D eigenvalue weighted by Crippen LogP contribution is -2.59. The molecule has 10 heteroatoms. The highest BCUT2D eigenvalue weighted by Crippen LogP contribution is 2.29. The lowest BCUT2D eigenvalue weighted by Gasteiger charge is -2.40. The van der Waals surface area contributed by atoms with Crippen LogP contribution in [-0.2, 0) is 14.3 Å². The highest BCUT2D eigenvalue weighted by Gasteiger charge is 2.38. The topological polar surface area (TPSA) is 112 Å². The number of esters is 1. The minimum Gasteiger partial charge on any atom is -0.461 e. The van der Waals surface area contributed by atoms with Gasteiger partial charge in [-0.25, -0.2) is 9.78 Å². The van der Waals surface area contributed by atoms with Gasteiger partial charge in [-0.1, -0.05) is 34.1 Å². The second-order valence-corrected chi connectivity index (χ2v) is 11.0. The predicted octanol–water partition coefficient (Wildman–Crippen LogP) is 3.10. The van der Waals surface area contributed by atoms with E-state index in [0.29, 0.717) is 11.4 Å². The van der Waals surface area contributed by atoms with Crippen LogP contribution in [0.1, 0.15) is 82.9 Å². The molecule has 0 radical (unpaired) electrons. The number of aliphatic hydroxyl groups is 1. The second-order valence-electron chi connectivity index (χ2n) is 10.1. The van der Waals surface area contributed by atoms with Gasteiger partial charge in [0.1, 0.15) is 11.1 Å². The number of rotatable bonds is 13. The van der Waals surface area contributed by atoms with Crippen LogP contribution in [0.4, 0.5) is 0 Å². The lowest BCUT2D eigenvalue weighted by molar-refractivity contribution is -0.140. The van der Waals surface area contributed by atoms with Gasteiger partial charge in [0.05, 0.1) is 18.2 Å². The number of imide groups is 1. The largest absolute Gasteiger partial charge is 0.461 e. The molecule has 35 heavy (non-hydrogen) atoms. The monoisotopic (exact) mass is 512 g/mol. The number of aromatic nitrogens is 1. The zero-order chi connectivity index (χ0) is 27.1. The average molecular weight is 513 g/mol. The van der Waals surface area contributed by atoms with E-state index in [2.05, 4.69) is 10.3 Å². The molecule has 1 aromatic rings. The number of hydrogen-bond donors (Lipinski definition) is 2. The molecule has 1 aromatic heterocycles. The Hall–Kier alpha value is -1.88. The van der Waals surface area contributed by atoms with E-state index >= 15 is 0 Å². The third kappa shape index (κ3) is 8.06. The van der Waals surface area contributed by atoms with Crippen molar-refractivity contribution in [1.29, 1.82) is 0 Å². The fraction of sp³-hybridized carbons (Fsp3) is 0.760. The van der Waals surface area contributed by atoms with Crippen LogP contribution in [0.15, 0.2) is 5.38 Å². The summed E-state index contributed by atoms with van der Waals surface area (Å²) >= 11 is 1.21. The molecule has 2 N–H and O–H groups in total. The number of amides is 2. The van der Waals surface area contributed by atoms with Crippen molar-refractivity contribution in [2.45, 2.75) is 85.0 Å². The summed E-state index contributed by atoms with van der Waals surface area (Å²) in [5, 5.41) is 15.6. The average Bonchev–Trinajstić information content (AvgIpc) is 3.27. The first-order chi connectivity index (χ1) is 16.2. The third-order valence-electron chi connectivity index (χ3n) is 6.85. The zero-order valence-electron chi connectivity index (χ0n) is 22.9. The Morgan fingerprint density at radius 1 is 1.17 bits per heavy atom. The molecular weight excluding hydrogens is 468 g/mol. The Labute approximate surface area is 214 Å². The Morgan fingerprint density at radius 2 is 1.77 bits per heavy atom. The fourth-order valence-corrected chi connectivity index (χ4v) is 4.58. The van der Waals surface area contributed by atoms with E-state index in [9.17, 15) is 19.5 Å². The Morgan fingerprint density at radius 3 is 2.26 bits per heavy atom. The Balaban J connectivity index is 3.12. The van der Waals surface area contributed by atoms with Gasteiger partial charge in [0.2, 0.25) is 11.8 Å². The van der Waals surface area contributed by atoms with E-state index in [1.54, 1.807) is 45.1 Å². The standard InChI is InChI=1S/C25H44N4O5S/c1-11-16(5)20(21(31)27-24(33)25(6,7)28(8)9)29(10)18(15(3)4)13-19(30)22-26-17(14-35-22)23(32)34-12-2/h14-16,18-20,30H,11-13H2,1-10H3,(H,27,31,33). The van der Waals surface area contributed by atoms with Crippen molar-refractivity contribution in [3.05, 3.63) is 16.1 Å². The van der Waals surface area contributed by atoms with Gasteiger partial charge in [-0.05, 0) is 60.2 Å². The molecule has 0 aliphatic rings. The van der Waals surface area contributed by atoms with Gasteiger partial charge in [0.15, 0.2) is 5.69 Å². The van der Waals surface area contributed by atoms with E-state index in [4.69, 9.17) is 4.74 Å². The number of carbonyl (C=O) groups is 3. The summed E-state index contributed by atoms with van der Waals surface area (Å²) < 4.78 is 4.99. The molecule has 0 saturated heterocycles. The molecule has 0 aromatic carbocycles. The molecule has 0 aliphatic carbocycles. The molecule has 0 saturated carbocycles. The molecule has 200 valence electrons. The highest BCUT2D eigenvalue weighted by atomic mass is 32.1. The first-order valence-electron chi connectivity index (χ1n) is 12.2. The predicted molar refractivity (Wildman–Crippen MR) is 138 cm³/mol. The quantitative estimate of drug-likeness (QED) is 0.388. The summed E-state index contributed by atoms with van der Waals surface area (Å²) in [5.74, 6) is -1.14. The van der Waals surface area contributed by atoms with Gasteiger partial charge in [-0.15, -0.1) is 11.3 Å². The molecule has 4 unspecified atom stereocenters. The SMILES string of the molecule is CCOC(=O)c1csc(C(O)CC(C(C)C)N(C)C(C(=O)NC(=O)C(C)(C)N(C)C)C(C)CC)n1. The molecule has 9 nitrogen and oxygen atoms in total. The summed E-state index contributed by atoms with van der Waals surface area (Å²) in [5.41, 5.74) is -0.664. The molecule has 1 rings (SSSR count). The molecule has 0 fully saturated rings. The maximum absolute atomic E-state index is 13.4. The summed E-state index contributed by atoms with van der Waals surface area (Å²) in [4.78, 5) is 46.2. The van der Waals surface area contributed by atoms with Crippen molar-refractivity contribution in [2.24, 2.45) is 11.8 Å². The van der Waals surface area contributed by atoms with Gasteiger partial charge in [0, 0.05) is 11.4 Å². The molecule has 0 aliphatic heterocycles. The lowest BCUT2D eigenvalue weighted by atomic mass is 9.90. The van der Waals surface area contributed by atoms with Crippen molar-refractivity contribution < 1.29 is 24.2 Å². The number of carbonyl (C=O) groups excluding carboxylic acids is 3. The maximum Gasteiger partial charge on any atom is 0.357 e. The van der Waals surface area contributed by atoms with Crippen LogP contribution >= 0.6 is 11.3 Å². The number of likely N-dealkylation sites (N-methyl/N-ethyl adjacent to an activating group) is 2. The first-order valence-corrected chi connectivity index (χ1v) is 13.1. The Kier molecular flexibility index (Phi) is 12.0. The minimum absolute atomic E-state index is 0.0241. The van der Waals surface area contributed by atoms with Gasteiger partial charge < -0.3 is 9.84 Å². The third-order valence-corrected chi connectivity index (χ3v) is 7.80. The molecule has 0 spiro atoms. The van der Waals surface area contributed by atoms with Crippen LogP contribution in [0.2, 0.25) is 0 Å². The van der Waals surface area contributed by atoms with Crippen LogP contribution in [0.25, 0.3) is 0 Å². The van der Waals surface area contributed by atoms with Crippen LogP contribution in [0, 0.1) is 11.8 Å². The summed E-state index contributed by atoms with van der Waals surface area (Å²) in [6, 6.07) is -0.741. The van der Waals surface area contributed by atoms with Crippen LogP contribution in [-0.4, -0.2) is 83.0 Å². The van der Waals surface area contributed by atoms with Gasteiger partial charge in [-0.2, -0.15) is 0 Å². The number of thiazole rings is 1. The van der Waals surface area contributed by atoms with Crippen LogP contribution < -0.4 is 5.32 Å². The van der Waals surface area contributed by atoms with Crippen LogP contribution in [0.3, 0.4) is 0 Å². The van der Waals surface area contributed by atoms with Crippen molar-refractivity contribution in [3.63, 3.8) is 0 Å². The Bertz CT molecular complexity index is 855. The highest BCUT2D eigenvalue weighted by molar-refractivity contribution is 7.09. The van der Waals surface area contributed by atoms with E-state index in [1.165, 1.54) is 11.3 Å². The maximum atomic E-state index is 13.4. The summed E-state index contributed by atoms with van der Waals surface area (Å²) in [7, 11) is 5.45. The normalized spacial score (nSPS) is 15.7. The number of hydrogen-bond acceptors (Lipinski definition) is 9. The molecule has 4 atom stereocenters. The van der Waals surface area contributed by atoms with E-state index < -0.39 is 23.7 Å². The molecular formula is C25H44N4O5S. The first kappa shape index (κ1) is 31.2. The molecule has 0 bridgehead atoms. The smallest absolute Gasteiger partial charge is 0.357 e. The van der Waals surface area contributed by atoms with E-state index in [-0.39, 0.29) is 42.0 Å². The molecule has 1 heterocycles. The van der Waals surface area contributed by atoms with Crippen LogP contribution in [0.5, 0.6) is 0 Å². The number of ether oxygens (including phenoxy) is 1. The fourth-order valence-electron chi connectivity index (χ4n) is 3.79. The molecule has 2 amide bonds. The van der Waals surface area contributed by atoms with Gasteiger partial charge in [-0.3, -0.25) is 24.7 Å². The summed E-state index contributed by atoms with van der Waals surface area (Å²) in [6.45, 7) is 13.6. The second kappa shape index (κ2) is 13.4. The number of nitrogens with one attached hydrogen (secondary N) is 1. The van der Waals surface area contributed by atoms with Crippen molar-refractivity contribution in [2.75, 3.05) is 27.7 Å². The van der Waals surface area contributed by atoms with Gasteiger partial charge in [0.25, 0.3) is 0 Å². The van der Waals surface area contributed by atoms with Crippen molar-refractivity contribution in [1.82, 2.24) is 20.1 Å². The number of nitrogens with zero attached hydrogens (tertiary/aromatic N) is 3. The van der Waals surface area contributed by atoms with Crippen molar-refractivity contribution >= 4 is 29.1 Å². The zero-order valence-corrected chi connectivity index (χ0v) is 23.7. The van der Waals surface area contributed by atoms with Crippen molar-refractivity contribution in [3.8, 4) is 0 Å². The number of aliphatic hydroxyl groups excluding tert-OH is 1.